The molecule has 1 heterocycles. The summed E-state index contributed by atoms with van der Waals surface area (Å²) in [5, 5.41) is 2.89. The molecule has 1 aliphatic carbocycles. The van der Waals surface area contributed by atoms with E-state index in [0.29, 0.717) is 5.56 Å². The highest BCUT2D eigenvalue weighted by Crippen LogP contribution is 2.09. The van der Waals surface area contributed by atoms with Crippen molar-refractivity contribution in [2.75, 3.05) is 0 Å². The molecular weight excluding hydrogens is 204 g/mol. The first-order valence-electron chi connectivity index (χ1n) is 5.29. The van der Waals surface area contributed by atoms with Gasteiger partial charge in [0.2, 0.25) is 0 Å². The van der Waals surface area contributed by atoms with Crippen molar-refractivity contribution in [3.05, 3.63) is 46.4 Å². The van der Waals surface area contributed by atoms with Crippen molar-refractivity contribution in [2.24, 2.45) is 7.05 Å². The average Bonchev–Trinajstić information content (AvgIpc) is 2.74. The van der Waals surface area contributed by atoms with Crippen LogP contribution in [-0.2, 0) is 7.05 Å². The minimum atomic E-state index is -0.175. The molecular formula is C12H14N2O2. The molecule has 0 fully saturated rings. The number of aryl methyl sites for hydroxylation is 1. The van der Waals surface area contributed by atoms with Gasteiger partial charge in [0.15, 0.2) is 0 Å². The second-order valence-corrected chi connectivity index (χ2v) is 3.98. The topological polar surface area (TPSA) is 51.1 Å². The number of aromatic nitrogens is 1. The number of nitrogens with zero attached hydrogens (tertiary/aromatic N) is 1. The van der Waals surface area contributed by atoms with Crippen molar-refractivity contribution in [3.63, 3.8) is 0 Å². The summed E-state index contributed by atoms with van der Waals surface area (Å²) in [6, 6.07) is 3.19. The van der Waals surface area contributed by atoms with Gasteiger partial charge in [0.1, 0.15) is 0 Å². The molecule has 2 rings (SSSR count). The summed E-state index contributed by atoms with van der Waals surface area (Å²) in [6.45, 7) is 0. The Morgan fingerprint density at radius 2 is 2.12 bits per heavy atom. The van der Waals surface area contributed by atoms with Crippen LogP contribution in [0, 0.1) is 0 Å². The predicted octanol–water partition coefficient (Wildman–Crippen LogP) is 0.834. The van der Waals surface area contributed by atoms with E-state index in [1.54, 1.807) is 19.3 Å². The third-order valence-electron chi connectivity index (χ3n) is 2.71. The molecule has 0 atom stereocenters. The summed E-state index contributed by atoms with van der Waals surface area (Å²) in [5.74, 6) is -0.175. The van der Waals surface area contributed by atoms with Gasteiger partial charge in [-0.2, -0.15) is 0 Å². The lowest BCUT2D eigenvalue weighted by molar-refractivity contribution is 0.0938. The fourth-order valence-corrected chi connectivity index (χ4v) is 1.69. The molecule has 84 valence electrons. The first kappa shape index (κ1) is 10.7. The van der Waals surface area contributed by atoms with Crippen molar-refractivity contribution in [1.82, 2.24) is 9.88 Å². The predicted molar refractivity (Wildman–Crippen MR) is 61.3 cm³/mol. The Balaban J connectivity index is 2.08. The smallest absolute Gasteiger partial charge is 0.251 e. The van der Waals surface area contributed by atoms with E-state index in [0.717, 1.165) is 12.8 Å². The second kappa shape index (κ2) is 4.35. The Morgan fingerprint density at radius 3 is 2.75 bits per heavy atom. The largest absolute Gasteiger partial charge is 0.349 e. The van der Waals surface area contributed by atoms with Gasteiger partial charge in [0.25, 0.3) is 11.5 Å². The minimum absolute atomic E-state index is 0.169. The highest BCUT2D eigenvalue weighted by Gasteiger charge is 2.14. The molecule has 0 saturated carbocycles. The van der Waals surface area contributed by atoms with Crippen molar-refractivity contribution in [1.29, 1.82) is 0 Å². The Bertz CT molecular complexity index is 480. The number of amides is 1. The minimum Gasteiger partial charge on any atom is -0.349 e. The number of carbonyl (C=O) groups excluding carboxylic acids is 1. The summed E-state index contributed by atoms with van der Waals surface area (Å²) < 4.78 is 1.44. The van der Waals surface area contributed by atoms with Crippen molar-refractivity contribution in [2.45, 2.75) is 18.9 Å². The van der Waals surface area contributed by atoms with Crippen LogP contribution in [0.5, 0.6) is 0 Å². The van der Waals surface area contributed by atoms with Crippen molar-refractivity contribution in [3.8, 4) is 0 Å². The highest BCUT2D eigenvalue weighted by atomic mass is 16.2. The Labute approximate surface area is 93.6 Å². The Hall–Kier alpha value is -1.84. The number of rotatable bonds is 2. The van der Waals surface area contributed by atoms with E-state index in [9.17, 15) is 9.59 Å². The van der Waals surface area contributed by atoms with Crippen LogP contribution in [0.4, 0.5) is 0 Å². The molecule has 0 aliphatic heterocycles. The van der Waals surface area contributed by atoms with Gasteiger partial charge in [0, 0.05) is 30.9 Å². The maximum Gasteiger partial charge on any atom is 0.251 e. The van der Waals surface area contributed by atoms with Crippen LogP contribution < -0.4 is 10.9 Å². The van der Waals surface area contributed by atoms with Crippen LogP contribution in [-0.4, -0.2) is 16.5 Å². The zero-order valence-electron chi connectivity index (χ0n) is 9.14. The van der Waals surface area contributed by atoms with Crippen LogP contribution in [0.25, 0.3) is 0 Å². The maximum absolute atomic E-state index is 11.8. The van der Waals surface area contributed by atoms with Crippen molar-refractivity contribution < 1.29 is 4.79 Å². The number of carbonyl (C=O) groups is 1. The van der Waals surface area contributed by atoms with E-state index in [2.05, 4.69) is 17.5 Å². The quantitative estimate of drug-likeness (QED) is 0.748. The molecule has 0 spiro atoms. The molecule has 1 N–H and O–H groups in total. The van der Waals surface area contributed by atoms with Crippen LogP contribution >= 0.6 is 0 Å². The van der Waals surface area contributed by atoms with Crippen LogP contribution in [0.1, 0.15) is 23.2 Å². The van der Waals surface area contributed by atoms with E-state index < -0.39 is 0 Å². The standard InChI is InChI=1S/C12H14N2O2/c1-14-7-6-9(8-11(14)15)12(16)13-10-4-2-3-5-10/h2-3,6-8,10H,4-5H2,1H3,(H,13,16). The van der Waals surface area contributed by atoms with Gasteiger partial charge < -0.3 is 9.88 Å². The third kappa shape index (κ3) is 2.21. The van der Waals surface area contributed by atoms with Gasteiger partial charge in [-0.3, -0.25) is 9.59 Å². The molecule has 1 amide bonds. The molecule has 16 heavy (non-hydrogen) atoms. The van der Waals surface area contributed by atoms with Gasteiger partial charge in [-0.25, -0.2) is 0 Å². The van der Waals surface area contributed by atoms with E-state index in [1.807, 2.05) is 0 Å². The molecule has 0 bridgehead atoms. The number of hydrogen-bond acceptors (Lipinski definition) is 2. The first-order valence-corrected chi connectivity index (χ1v) is 5.29. The normalized spacial score (nSPS) is 15.3. The SMILES string of the molecule is Cn1ccc(C(=O)NC2CC=CC2)cc1=O. The van der Waals surface area contributed by atoms with Crippen LogP contribution in [0.2, 0.25) is 0 Å². The first-order chi connectivity index (χ1) is 7.66. The summed E-state index contributed by atoms with van der Waals surface area (Å²) in [5.41, 5.74) is 0.257. The van der Waals surface area contributed by atoms with E-state index in [4.69, 9.17) is 0 Å². The number of nitrogens with one attached hydrogen (secondary N) is 1. The molecule has 1 aliphatic rings. The molecule has 4 nitrogen and oxygen atoms in total. The van der Waals surface area contributed by atoms with Crippen LogP contribution in [0.3, 0.4) is 0 Å². The monoisotopic (exact) mass is 218 g/mol. The fraction of sp³-hybridized carbons (Fsp3) is 0.333. The fourth-order valence-electron chi connectivity index (χ4n) is 1.69. The van der Waals surface area contributed by atoms with Crippen molar-refractivity contribution >= 4 is 5.91 Å². The highest BCUT2D eigenvalue weighted by molar-refractivity contribution is 5.94. The molecule has 1 aromatic rings. The zero-order chi connectivity index (χ0) is 11.5. The van der Waals surface area contributed by atoms with E-state index in [1.165, 1.54) is 10.6 Å². The molecule has 0 aromatic carbocycles. The Morgan fingerprint density at radius 1 is 1.44 bits per heavy atom. The zero-order valence-corrected chi connectivity index (χ0v) is 9.14. The summed E-state index contributed by atoms with van der Waals surface area (Å²) in [7, 11) is 1.66. The number of pyridine rings is 1. The average molecular weight is 218 g/mol. The third-order valence-corrected chi connectivity index (χ3v) is 2.71. The summed E-state index contributed by atoms with van der Waals surface area (Å²) in [4.78, 5) is 23.1. The van der Waals surface area contributed by atoms with E-state index in [-0.39, 0.29) is 17.5 Å². The van der Waals surface area contributed by atoms with Gasteiger partial charge in [0.05, 0.1) is 0 Å². The lowest BCUT2D eigenvalue weighted by Crippen LogP contribution is -2.33. The van der Waals surface area contributed by atoms with Crippen LogP contribution in [0.15, 0.2) is 35.3 Å². The molecule has 0 unspecified atom stereocenters. The Kier molecular flexibility index (Phi) is 2.90. The van der Waals surface area contributed by atoms with E-state index >= 15 is 0 Å². The maximum atomic E-state index is 11.8. The molecule has 0 saturated heterocycles. The van der Waals surface area contributed by atoms with Gasteiger partial charge in [-0.05, 0) is 18.9 Å². The molecule has 0 radical (unpaired) electrons. The van der Waals surface area contributed by atoms with Gasteiger partial charge >= 0.3 is 0 Å². The second-order valence-electron chi connectivity index (χ2n) is 3.98. The summed E-state index contributed by atoms with van der Waals surface area (Å²) >= 11 is 0. The van der Waals surface area contributed by atoms with Gasteiger partial charge in [-0.1, -0.05) is 12.2 Å². The van der Waals surface area contributed by atoms with Gasteiger partial charge in [-0.15, -0.1) is 0 Å². The lowest BCUT2D eigenvalue weighted by Gasteiger charge is -2.11. The molecule has 1 aromatic heterocycles. The molecule has 4 heteroatoms. The lowest BCUT2D eigenvalue weighted by atomic mass is 10.2. The summed E-state index contributed by atoms with van der Waals surface area (Å²) in [6.07, 6.45) is 7.45. The number of hydrogen-bond donors (Lipinski definition) is 1.